The van der Waals surface area contributed by atoms with Crippen molar-refractivity contribution in [3.05, 3.63) is 0 Å². The Balaban J connectivity index is 1.96. The molecule has 5 nitrogen and oxygen atoms in total. The minimum Gasteiger partial charge on any atom is -0.330 e. The first-order valence-electron chi connectivity index (χ1n) is 8.52. The standard InChI is InChI=1S/C15H31N3O2S/c1-2-14(8-9-16)17-10-5-11-18(13-12-17)21(19,20)15-6-3-4-7-15/h14-15H,2-13,16H2,1H3. The second kappa shape index (κ2) is 7.90. The first kappa shape index (κ1) is 17.2. The third-order valence-corrected chi connectivity index (χ3v) is 7.46. The van der Waals surface area contributed by atoms with Crippen LogP contribution in [-0.4, -0.2) is 61.6 Å². The molecule has 0 aromatic heterocycles. The van der Waals surface area contributed by atoms with Gasteiger partial charge in [0.1, 0.15) is 0 Å². The Labute approximate surface area is 129 Å². The smallest absolute Gasteiger partial charge is 0.217 e. The van der Waals surface area contributed by atoms with Gasteiger partial charge in [0.15, 0.2) is 0 Å². The summed E-state index contributed by atoms with van der Waals surface area (Å²) in [5.41, 5.74) is 5.70. The average molecular weight is 317 g/mol. The number of hydrogen-bond acceptors (Lipinski definition) is 4. The zero-order valence-corrected chi connectivity index (χ0v) is 14.2. The molecule has 6 heteroatoms. The molecule has 2 rings (SSSR count). The van der Waals surface area contributed by atoms with Crippen molar-refractivity contribution in [1.29, 1.82) is 0 Å². The van der Waals surface area contributed by atoms with Gasteiger partial charge in [-0.25, -0.2) is 12.7 Å². The van der Waals surface area contributed by atoms with Gasteiger partial charge in [0, 0.05) is 25.7 Å². The van der Waals surface area contributed by atoms with E-state index >= 15 is 0 Å². The fourth-order valence-corrected chi connectivity index (χ4v) is 5.84. The molecule has 0 radical (unpaired) electrons. The third-order valence-electron chi connectivity index (χ3n) is 5.06. The summed E-state index contributed by atoms with van der Waals surface area (Å²) in [4.78, 5) is 2.44. The van der Waals surface area contributed by atoms with E-state index in [9.17, 15) is 8.42 Å². The number of hydrogen-bond donors (Lipinski definition) is 1. The molecule has 1 heterocycles. The van der Waals surface area contributed by atoms with Crippen LogP contribution in [0.4, 0.5) is 0 Å². The van der Waals surface area contributed by atoms with Crippen molar-refractivity contribution in [1.82, 2.24) is 9.21 Å². The van der Waals surface area contributed by atoms with Crippen LogP contribution in [0.1, 0.15) is 51.9 Å². The summed E-state index contributed by atoms with van der Waals surface area (Å²) in [5.74, 6) is 0. The molecule has 124 valence electrons. The van der Waals surface area contributed by atoms with Gasteiger partial charge in [-0.3, -0.25) is 4.90 Å². The maximum absolute atomic E-state index is 12.7. The van der Waals surface area contributed by atoms with E-state index in [1.165, 1.54) is 0 Å². The molecule has 0 bridgehead atoms. The van der Waals surface area contributed by atoms with Crippen LogP contribution in [0.3, 0.4) is 0 Å². The second-order valence-corrected chi connectivity index (χ2v) is 8.59. The zero-order chi connectivity index (χ0) is 15.3. The summed E-state index contributed by atoms with van der Waals surface area (Å²) in [6.07, 6.45) is 6.88. The summed E-state index contributed by atoms with van der Waals surface area (Å²) >= 11 is 0. The molecule has 0 aromatic carbocycles. The Kier molecular flexibility index (Phi) is 6.47. The van der Waals surface area contributed by atoms with Crippen LogP contribution in [0.15, 0.2) is 0 Å². The molecule has 1 saturated heterocycles. The van der Waals surface area contributed by atoms with E-state index in [1.807, 2.05) is 0 Å². The van der Waals surface area contributed by atoms with Crippen LogP contribution in [0, 0.1) is 0 Å². The van der Waals surface area contributed by atoms with Gasteiger partial charge in [-0.05, 0) is 45.2 Å². The highest BCUT2D eigenvalue weighted by atomic mass is 32.2. The first-order valence-corrected chi connectivity index (χ1v) is 10.0. The molecule has 0 amide bonds. The van der Waals surface area contributed by atoms with Gasteiger partial charge < -0.3 is 5.73 Å². The Morgan fingerprint density at radius 3 is 2.43 bits per heavy atom. The molecular weight excluding hydrogens is 286 g/mol. The maximum Gasteiger partial charge on any atom is 0.217 e. The van der Waals surface area contributed by atoms with Crippen LogP contribution in [0.25, 0.3) is 0 Å². The molecule has 1 atom stereocenters. The van der Waals surface area contributed by atoms with Gasteiger partial charge >= 0.3 is 0 Å². The van der Waals surface area contributed by atoms with Gasteiger partial charge in [0.25, 0.3) is 0 Å². The molecule has 21 heavy (non-hydrogen) atoms. The Morgan fingerprint density at radius 2 is 1.81 bits per heavy atom. The maximum atomic E-state index is 12.7. The highest BCUT2D eigenvalue weighted by Crippen LogP contribution is 2.28. The SMILES string of the molecule is CCC(CCN)N1CCCN(S(=O)(=O)C2CCCC2)CC1. The summed E-state index contributed by atoms with van der Waals surface area (Å²) in [7, 11) is -3.07. The molecule has 0 spiro atoms. The number of nitrogens with two attached hydrogens (primary N) is 1. The fourth-order valence-electron chi connectivity index (χ4n) is 3.77. The largest absolute Gasteiger partial charge is 0.330 e. The van der Waals surface area contributed by atoms with Crippen molar-refractivity contribution < 1.29 is 8.42 Å². The normalized spacial score (nSPS) is 25.0. The monoisotopic (exact) mass is 317 g/mol. The summed E-state index contributed by atoms with van der Waals surface area (Å²) in [5, 5.41) is -0.116. The summed E-state index contributed by atoms with van der Waals surface area (Å²) in [6.45, 7) is 6.09. The molecule has 2 fully saturated rings. The number of sulfonamides is 1. The Morgan fingerprint density at radius 1 is 1.10 bits per heavy atom. The van der Waals surface area contributed by atoms with E-state index in [0.29, 0.717) is 25.7 Å². The number of nitrogens with zero attached hydrogens (tertiary/aromatic N) is 2. The third kappa shape index (κ3) is 4.18. The molecule has 2 N–H and O–H groups in total. The minimum atomic E-state index is -3.07. The van der Waals surface area contributed by atoms with Crippen LogP contribution in [0.2, 0.25) is 0 Å². The molecule has 1 saturated carbocycles. The van der Waals surface area contributed by atoms with Gasteiger partial charge in [0.05, 0.1) is 5.25 Å². The molecule has 2 aliphatic rings. The van der Waals surface area contributed by atoms with E-state index in [4.69, 9.17) is 5.73 Å². The Bertz CT molecular complexity index is 407. The second-order valence-electron chi connectivity index (χ2n) is 6.38. The van der Waals surface area contributed by atoms with Gasteiger partial charge in [0.2, 0.25) is 10.0 Å². The highest BCUT2D eigenvalue weighted by molar-refractivity contribution is 7.89. The topological polar surface area (TPSA) is 66.6 Å². The molecule has 1 aliphatic carbocycles. The lowest BCUT2D eigenvalue weighted by Gasteiger charge is -2.30. The predicted molar refractivity (Wildman–Crippen MR) is 86.7 cm³/mol. The van der Waals surface area contributed by atoms with Crippen molar-refractivity contribution in [3.63, 3.8) is 0 Å². The predicted octanol–water partition coefficient (Wildman–Crippen LogP) is 1.39. The van der Waals surface area contributed by atoms with Crippen LogP contribution < -0.4 is 5.73 Å². The fraction of sp³-hybridized carbons (Fsp3) is 1.00. The van der Waals surface area contributed by atoms with Crippen molar-refractivity contribution in [3.8, 4) is 0 Å². The van der Waals surface area contributed by atoms with Gasteiger partial charge in [-0.2, -0.15) is 0 Å². The quantitative estimate of drug-likeness (QED) is 0.804. The molecular formula is C15H31N3O2S. The van der Waals surface area contributed by atoms with Crippen LogP contribution >= 0.6 is 0 Å². The van der Waals surface area contributed by atoms with E-state index in [1.54, 1.807) is 4.31 Å². The average Bonchev–Trinajstić information content (AvgIpc) is 2.90. The Hall–Kier alpha value is -0.170. The first-order chi connectivity index (χ1) is 10.1. The lowest BCUT2D eigenvalue weighted by Crippen LogP contribution is -2.42. The highest BCUT2D eigenvalue weighted by Gasteiger charge is 2.35. The van der Waals surface area contributed by atoms with Crippen LogP contribution in [0.5, 0.6) is 0 Å². The van der Waals surface area contributed by atoms with E-state index < -0.39 is 10.0 Å². The van der Waals surface area contributed by atoms with Gasteiger partial charge in [-0.1, -0.05) is 19.8 Å². The summed E-state index contributed by atoms with van der Waals surface area (Å²) in [6, 6.07) is 0.504. The zero-order valence-electron chi connectivity index (χ0n) is 13.3. The van der Waals surface area contributed by atoms with Crippen molar-refractivity contribution >= 4 is 10.0 Å². The van der Waals surface area contributed by atoms with E-state index in [2.05, 4.69) is 11.8 Å². The van der Waals surface area contributed by atoms with E-state index in [0.717, 1.165) is 58.0 Å². The lowest BCUT2D eigenvalue weighted by molar-refractivity contribution is 0.192. The lowest BCUT2D eigenvalue weighted by atomic mass is 10.1. The van der Waals surface area contributed by atoms with Crippen molar-refractivity contribution in [2.45, 2.75) is 63.2 Å². The van der Waals surface area contributed by atoms with Crippen molar-refractivity contribution in [2.75, 3.05) is 32.7 Å². The van der Waals surface area contributed by atoms with Crippen LogP contribution in [-0.2, 0) is 10.0 Å². The summed E-state index contributed by atoms with van der Waals surface area (Å²) < 4.78 is 27.2. The molecule has 1 unspecified atom stereocenters. The molecule has 1 aliphatic heterocycles. The van der Waals surface area contributed by atoms with E-state index in [-0.39, 0.29) is 5.25 Å². The van der Waals surface area contributed by atoms with Crippen molar-refractivity contribution in [2.24, 2.45) is 5.73 Å². The minimum absolute atomic E-state index is 0.116. The number of rotatable bonds is 6. The molecule has 0 aromatic rings. The van der Waals surface area contributed by atoms with Gasteiger partial charge in [-0.15, -0.1) is 0 Å².